The number of amides is 2. The molecule has 1 heterocycles. The van der Waals surface area contributed by atoms with Crippen LogP contribution in [-0.4, -0.2) is 42.9 Å². The minimum absolute atomic E-state index is 0.157. The molecule has 142 valence electrons. The predicted octanol–water partition coefficient (Wildman–Crippen LogP) is 2.26. The van der Waals surface area contributed by atoms with Gasteiger partial charge >= 0.3 is 5.97 Å². The van der Waals surface area contributed by atoms with Crippen molar-refractivity contribution in [1.82, 2.24) is 10.2 Å². The molecule has 27 heavy (non-hydrogen) atoms. The number of halogens is 1. The van der Waals surface area contributed by atoms with Crippen LogP contribution in [0.25, 0.3) is 6.08 Å². The van der Waals surface area contributed by atoms with Gasteiger partial charge in [-0.15, -0.1) is 0 Å². The number of nitrogens with zero attached hydrogens (tertiary/aromatic N) is 1. The highest BCUT2D eigenvalue weighted by molar-refractivity contribution is 6.30. The first kappa shape index (κ1) is 20.3. The average molecular weight is 391 g/mol. The molecule has 0 aliphatic heterocycles. The summed E-state index contributed by atoms with van der Waals surface area (Å²) < 4.78 is 9.98. The lowest BCUT2D eigenvalue weighted by atomic mass is 10.2. The molecule has 0 saturated carbocycles. The molecule has 0 fully saturated rings. The topological polar surface area (TPSA) is 88.8 Å². The zero-order valence-corrected chi connectivity index (χ0v) is 15.4. The molecule has 2 aromatic rings. The van der Waals surface area contributed by atoms with Crippen LogP contribution in [0.1, 0.15) is 11.3 Å². The second-order valence-electron chi connectivity index (χ2n) is 5.60. The van der Waals surface area contributed by atoms with Crippen molar-refractivity contribution in [3.63, 3.8) is 0 Å². The molecule has 0 aliphatic carbocycles. The normalized spacial score (nSPS) is 10.6. The molecule has 1 N–H and O–H groups in total. The summed E-state index contributed by atoms with van der Waals surface area (Å²) in [5.74, 6) is -0.904. The van der Waals surface area contributed by atoms with Gasteiger partial charge in [-0.2, -0.15) is 0 Å². The van der Waals surface area contributed by atoms with Crippen LogP contribution < -0.4 is 5.32 Å². The van der Waals surface area contributed by atoms with Crippen molar-refractivity contribution in [1.29, 1.82) is 0 Å². The number of likely N-dealkylation sites (N-methyl/N-ethyl adjacent to an activating group) is 1. The molecule has 0 bridgehead atoms. The van der Waals surface area contributed by atoms with Gasteiger partial charge in [-0.25, -0.2) is 4.79 Å². The number of furan rings is 1. The van der Waals surface area contributed by atoms with Gasteiger partial charge in [0.05, 0.1) is 19.4 Å². The Kier molecular flexibility index (Phi) is 7.63. The van der Waals surface area contributed by atoms with E-state index in [1.54, 1.807) is 36.4 Å². The van der Waals surface area contributed by atoms with E-state index in [4.69, 9.17) is 20.8 Å². The number of ether oxygens (including phenoxy) is 1. The maximum Gasteiger partial charge on any atom is 0.331 e. The molecule has 7 nitrogen and oxygen atoms in total. The third kappa shape index (κ3) is 7.37. The number of carbonyl (C=O) groups is 3. The maximum atomic E-state index is 11.9. The number of nitrogens with one attached hydrogen (secondary N) is 1. The lowest BCUT2D eigenvalue weighted by molar-refractivity contribution is -0.148. The van der Waals surface area contributed by atoms with Gasteiger partial charge in [0, 0.05) is 18.1 Å². The van der Waals surface area contributed by atoms with E-state index in [9.17, 15) is 14.4 Å². The smallest absolute Gasteiger partial charge is 0.331 e. The highest BCUT2D eigenvalue weighted by Gasteiger charge is 2.14. The van der Waals surface area contributed by atoms with E-state index in [1.165, 1.54) is 30.4 Å². The van der Waals surface area contributed by atoms with Gasteiger partial charge in [-0.05, 0) is 35.9 Å². The predicted molar refractivity (Wildman–Crippen MR) is 99.6 cm³/mol. The van der Waals surface area contributed by atoms with E-state index < -0.39 is 18.5 Å². The molecule has 0 atom stereocenters. The zero-order chi connectivity index (χ0) is 19.6. The molecule has 0 aliphatic rings. The van der Waals surface area contributed by atoms with E-state index in [0.717, 1.165) is 5.56 Å². The molecule has 0 saturated heterocycles. The summed E-state index contributed by atoms with van der Waals surface area (Å²) >= 11 is 5.85. The Morgan fingerprint density at radius 3 is 2.78 bits per heavy atom. The largest absolute Gasteiger partial charge is 0.467 e. The van der Waals surface area contributed by atoms with Gasteiger partial charge in [-0.1, -0.05) is 23.7 Å². The number of benzene rings is 1. The fourth-order valence-corrected chi connectivity index (χ4v) is 2.22. The fourth-order valence-electron chi connectivity index (χ4n) is 2.02. The third-order valence-electron chi connectivity index (χ3n) is 3.44. The lowest BCUT2D eigenvalue weighted by Crippen LogP contribution is -2.39. The van der Waals surface area contributed by atoms with Gasteiger partial charge in [-0.3, -0.25) is 9.59 Å². The highest BCUT2D eigenvalue weighted by atomic mass is 35.5. The molecule has 0 radical (unpaired) electrons. The van der Waals surface area contributed by atoms with Gasteiger partial charge in [0.2, 0.25) is 5.91 Å². The monoisotopic (exact) mass is 390 g/mol. The van der Waals surface area contributed by atoms with Crippen LogP contribution >= 0.6 is 11.6 Å². The van der Waals surface area contributed by atoms with Crippen LogP contribution in [-0.2, 0) is 25.7 Å². The van der Waals surface area contributed by atoms with E-state index in [0.29, 0.717) is 10.8 Å². The van der Waals surface area contributed by atoms with Crippen LogP contribution in [0.3, 0.4) is 0 Å². The first-order valence-corrected chi connectivity index (χ1v) is 8.45. The third-order valence-corrected chi connectivity index (χ3v) is 3.68. The Hall–Kier alpha value is -3.06. The standard InChI is InChI=1S/C19H19ClN2O5/c1-22(12-17(23)21-11-16-6-3-9-26-16)18(24)13-27-19(25)8-7-14-4-2-5-15(20)10-14/h2-10H,11-13H2,1H3,(H,21,23)/b8-7+. The van der Waals surface area contributed by atoms with Crippen molar-refractivity contribution < 1.29 is 23.5 Å². The van der Waals surface area contributed by atoms with Gasteiger partial charge in [0.25, 0.3) is 5.91 Å². The highest BCUT2D eigenvalue weighted by Crippen LogP contribution is 2.11. The molecule has 0 spiro atoms. The van der Waals surface area contributed by atoms with Crippen LogP contribution in [0.4, 0.5) is 0 Å². The quantitative estimate of drug-likeness (QED) is 0.551. The van der Waals surface area contributed by atoms with Gasteiger partial charge < -0.3 is 19.4 Å². The second kappa shape index (κ2) is 10.2. The number of hydrogen-bond donors (Lipinski definition) is 1. The Morgan fingerprint density at radius 1 is 1.26 bits per heavy atom. The summed E-state index contributed by atoms with van der Waals surface area (Å²) in [5, 5.41) is 3.17. The van der Waals surface area contributed by atoms with E-state index in [1.807, 2.05) is 0 Å². The van der Waals surface area contributed by atoms with Crippen LogP contribution in [0.5, 0.6) is 0 Å². The summed E-state index contributed by atoms with van der Waals surface area (Å²) in [6, 6.07) is 10.4. The molecule has 8 heteroatoms. The van der Waals surface area contributed by atoms with Crippen LogP contribution in [0.2, 0.25) is 5.02 Å². The molecule has 2 amide bonds. The Morgan fingerprint density at radius 2 is 2.07 bits per heavy atom. The summed E-state index contributed by atoms with van der Waals surface area (Å²) in [5.41, 5.74) is 0.733. The van der Waals surface area contributed by atoms with Crippen molar-refractivity contribution in [3.05, 3.63) is 65.1 Å². The Labute approximate surface area is 161 Å². The first-order valence-electron chi connectivity index (χ1n) is 8.07. The van der Waals surface area contributed by atoms with Crippen LogP contribution in [0.15, 0.2) is 53.2 Å². The minimum Gasteiger partial charge on any atom is -0.467 e. The summed E-state index contributed by atoms with van der Waals surface area (Å²) in [6.45, 7) is -0.382. The summed E-state index contributed by atoms with van der Waals surface area (Å²) in [4.78, 5) is 36.6. The number of carbonyl (C=O) groups excluding carboxylic acids is 3. The van der Waals surface area contributed by atoms with Gasteiger partial charge in [0.1, 0.15) is 5.76 Å². The van der Waals surface area contributed by atoms with Crippen molar-refractivity contribution >= 4 is 35.5 Å². The molecule has 1 aromatic carbocycles. The summed E-state index contributed by atoms with van der Waals surface area (Å²) in [7, 11) is 1.45. The van der Waals surface area contributed by atoms with Crippen molar-refractivity contribution in [2.75, 3.05) is 20.2 Å². The van der Waals surface area contributed by atoms with E-state index in [2.05, 4.69) is 5.32 Å². The first-order chi connectivity index (χ1) is 12.9. The van der Waals surface area contributed by atoms with Crippen molar-refractivity contribution in [2.45, 2.75) is 6.54 Å². The number of esters is 1. The van der Waals surface area contributed by atoms with Crippen molar-refractivity contribution in [3.8, 4) is 0 Å². The minimum atomic E-state index is -0.668. The Bertz CT molecular complexity index is 817. The SMILES string of the molecule is CN(CC(=O)NCc1ccco1)C(=O)COC(=O)/C=C/c1cccc(Cl)c1. The molecular weight excluding hydrogens is 372 g/mol. The van der Waals surface area contributed by atoms with Gasteiger partial charge in [0.15, 0.2) is 6.61 Å². The summed E-state index contributed by atoms with van der Waals surface area (Å²) in [6.07, 6.45) is 4.24. The average Bonchev–Trinajstić information content (AvgIpc) is 3.16. The van der Waals surface area contributed by atoms with Crippen LogP contribution in [0, 0.1) is 0 Å². The zero-order valence-electron chi connectivity index (χ0n) is 14.7. The Balaban J connectivity index is 1.70. The van der Waals surface area contributed by atoms with E-state index in [-0.39, 0.29) is 19.0 Å². The lowest BCUT2D eigenvalue weighted by Gasteiger charge is -2.16. The van der Waals surface area contributed by atoms with Crippen molar-refractivity contribution in [2.24, 2.45) is 0 Å². The fraction of sp³-hybridized carbons (Fsp3) is 0.211. The second-order valence-corrected chi connectivity index (χ2v) is 6.04. The maximum absolute atomic E-state index is 11.9. The van der Waals surface area contributed by atoms with E-state index >= 15 is 0 Å². The molecule has 0 unspecified atom stereocenters. The molecule has 2 rings (SSSR count). The number of hydrogen-bond acceptors (Lipinski definition) is 5. The molecular formula is C19H19ClN2O5. The molecule has 1 aromatic heterocycles. The number of rotatable bonds is 8.